The average molecular weight is 410 g/mol. The van der Waals surface area contributed by atoms with Crippen LogP contribution in [0.4, 0.5) is 5.69 Å². The van der Waals surface area contributed by atoms with E-state index in [2.05, 4.69) is 5.32 Å². The maximum absolute atomic E-state index is 11.9. The average Bonchev–Trinajstić information content (AvgIpc) is 2.64. The predicted octanol–water partition coefficient (Wildman–Crippen LogP) is 3.89. The molecule has 0 aliphatic rings. The van der Waals surface area contributed by atoms with E-state index in [4.69, 9.17) is 32.7 Å². The minimum absolute atomic E-state index is 0.139. The minimum atomic E-state index is -0.627. The van der Waals surface area contributed by atoms with Crippen LogP contribution in [0, 0.1) is 0 Å². The van der Waals surface area contributed by atoms with Crippen LogP contribution in [0.15, 0.2) is 42.5 Å². The Balaban J connectivity index is 1.83. The van der Waals surface area contributed by atoms with Crippen LogP contribution in [0.5, 0.6) is 0 Å². The predicted molar refractivity (Wildman–Crippen MR) is 102 cm³/mol. The molecule has 1 amide bonds. The molecular formula is C19H17Cl2NO5. The summed E-state index contributed by atoms with van der Waals surface area (Å²) in [7, 11) is 0. The van der Waals surface area contributed by atoms with Crippen molar-refractivity contribution in [2.75, 3.05) is 18.5 Å². The number of amides is 1. The SMILES string of the molecule is CCOC(=O)c1ccc(NC(=O)COC(=O)Cc2c(Cl)cccc2Cl)cc1. The van der Waals surface area contributed by atoms with Gasteiger partial charge in [0.1, 0.15) is 0 Å². The molecule has 142 valence electrons. The van der Waals surface area contributed by atoms with E-state index >= 15 is 0 Å². The Hall–Kier alpha value is -2.57. The van der Waals surface area contributed by atoms with E-state index in [9.17, 15) is 14.4 Å². The third-order valence-corrected chi connectivity index (χ3v) is 4.14. The van der Waals surface area contributed by atoms with E-state index in [-0.39, 0.29) is 13.0 Å². The van der Waals surface area contributed by atoms with Crippen molar-refractivity contribution in [2.45, 2.75) is 13.3 Å². The third kappa shape index (κ3) is 6.27. The fraction of sp³-hybridized carbons (Fsp3) is 0.211. The zero-order chi connectivity index (χ0) is 19.8. The van der Waals surface area contributed by atoms with Gasteiger partial charge in [-0.1, -0.05) is 29.3 Å². The summed E-state index contributed by atoms with van der Waals surface area (Å²) in [6.45, 7) is 1.54. The Morgan fingerprint density at radius 2 is 1.59 bits per heavy atom. The van der Waals surface area contributed by atoms with Gasteiger partial charge in [0.25, 0.3) is 5.91 Å². The van der Waals surface area contributed by atoms with Crippen molar-refractivity contribution in [2.24, 2.45) is 0 Å². The largest absolute Gasteiger partial charge is 0.462 e. The van der Waals surface area contributed by atoms with Crippen LogP contribution in [0.1, 0.15) is 22.8 Å². The fourth-order valence-corrected chi connectivity index (χ4v) is 2.67. The highest BCUT2D eigenvalue weighted by molar-refractivity contribution is 6.36. The highest BCUT2D eigenvalue weighted by Crippen LogP contribution is 2.24. The number of nitrogens with one attached hydrogen (secondary N) is 1. The summed E-state index contributed by atoms with van der Waals surface area (Å²) in [5, 5.41) is 3.27. The van der Waals surface area contributed by atoms with Crippen LogP contribution >= 0.6 is 23.2 Å². The topological polar surface area (TPSA) is 81.7 Å². The van der Waals surface area contributed by atoms with Gasteiger partial charge < -0.3 is 14.8 Å². The summed E-state index contributed by atoms with van der Waals surface area (Å²) in [5.74, 6) is -1.59. The monoisotopic (exact) mass is 409 g/mol. The number of esters is 2. The van der Waals surface area contributed by atoms with Crippen molar-refractivity contribution in [3.05, 3.63) is 63.6 Å². The molecule has 0 aromatic heterocycles. The molecule has 0 fully saturated rings. The van der Waals surface area contributed by atoms with Crippen LogP contribution in [-0.4, -0.2) is 31.1 Å². The van der Waals surface area contributed by atoms with Gasteiger partial charge in [-0.15, -0.1) is 0 Å². The van der Waals surface area contributed by atoms with Crippen molar-refractivity contribution in [1.82, 2.24) is 0 Å². The number of hydrogen-bond donors (Lipinski definition) is 1. The summed E-state index contributed by atoms with van der Waals surface area (Å²) in [6, 6.07) is 11.1. The molecule has 0 atom stereocenters. The number of carbonyl (C=O) groups is 3. The molecule has 0 bridgehead atoms. The molecular weight excluding hydrogens is 393 g/mol. The molecule has 0 unspecified atom stereocenters. The number of anilines is 1. The van der Waals surface area contributed by atoms with Gasteiger partial charge in [-0.2, -0.15) is 0 Å². The summed E-state index contributed by atoms with van der Waals surface area (Å²) in [5.41, 5.74) is 1.27. The first kappa shape index (κ1) is 20.7. The van der Waals surface area contributed by atoms with Gasteiger partial charge in [0, 0.05) is 21.3 Å². The molecule has 8 heteroatoms. The lowest BCUT2D eigenvalue weighted by Crippen LogP contribution is -2.21. The molecule has 27 heavy (non-hydrogen) atoms. The number of rotatable bonds is 7. The molecule has 0 radical (unpaired) electrons. The standard InChI is InChI=1S/C19H17Cl2NO5/c1-2-26-19(25)12-6-8-13(9-7-12)22-17(23)11-27-18(24)10-14-15(20)4-3-5-16(14)21/h3-9H,2,10-11H2,1H3,(H,22,23). The van der Waals surface area contributed by atoms with E-state index in [1.165, 1.54) is 12.1 Å². The van der Waals surface area contributed by atoms with Crippen LogP contribution in [0.25, 0.3) is 0 Å². The van der Waals surface area contributed by atoms with Crippen molar-refractivity contribution >= 4 is 46.7 Å². The summed E-state index contributed by atoms with van der Waals surface area (Å²) < 4.78 is 9.82. The maximum atomic E-state index is 11.9. The summed E-state index contributed by atoms with van der Waals surface area (Å²) in [6.07, 6.45) is -0.139. The Bertz CT molecular complexity index is 816. The first-order chi connectivity index (χ1) is 12.9. The molecule has 2 rings (SSSR count). The molecule has 6 nitrogen and oxygen atoms in total. The molecule has 0 aliphatic carbocycles. The van der Waals surface area contributed by atoms with Gasteiger partial charge in [0.15, 0.2) is 6.61 Å². The van der Waals surface area contributed by atoms with E-state index < -0.39 is 24.5 Å². The van der Waals surface area contributed by atoms with Crippen molar-refractivity contribution in [1.29, 1.82) is 0 Å². The van der Waals surface area contributed by atoms with Crippen molar-refractivity contribution < 1.29 is 23.9 Å². The maximum Gasteiger partial charge on any atom is 0.338 e. The normalized spacial score (nSPS) is 10.2. The summed E-state index contributed by atoms with van der Waals surface area (Å²) in [4.78, 5) is 35.3. The molecule has 1 N–H and O–H groups in total. The van der Waals surface area contributed by atoms with Gasteiger partial charge in [-0.25, -0.2) is 4.79 Å². The number of ether oxygens (including phenoxy) is 2. The Morgan fingerprint density at radius 3 is 2.19 bits per heavy atom. The molecule has 2 aromatic rings. The van der Waals surface area contributed by atoms with Crippen molar-refractivity contribution in [3.8, 4) is 0 Å². The number of carbonyl (C=O) groups excluding carboxylic acids is 3. The Kier molecular flexibility index (Phi) is 7.64. The van der Waals surface area contributed by atoms with Crippen LogP contribution in [0.2, 0.25) is 10.0 Å². The fourth-order valence-electron chi connectivity index (χ4n) is 2.14. The third-order valence-electron chi connectivity index (χ3n) is 3.43. The number of benzene rings is 2. The Morgan fingerprint density at radius 1 is 0.963 bits per heavy atom. The van der Waals surface area contributed by atoms with E-state index in [0.29, 0.717) is 26.9 Å². The summed E-state index contributed by atoms with van der Waals surface area (Å²) >= 11 is 12.0. The van der Waals surface area contributed by atoms with Gasteiger partial charge >= 0.3 is 11.9 Å². The van der Waals surface area contributed by atoms with Gasteiger partial charge in [-0.3, -0.25) is 9.59 Å². The smallest absolute Gasteiger partial charge is 0.338 e. The van der Waals surface area contributed by atoms with Crippen LogP contribution < -0.4 is 5.32 Å². The quantitative estimate of drug-likeness (QED) is 0.701. The molecule has 0 aliphatic heterocycles. The zero-order valence-electron chi connectivity index (χ0n) is 14.5. The van der Waals surface area contributed by atoms with Crippen LogP contribution in [0.3, 0.4) is 0 Å². The molecule has 0 saturated heterocycles. The first-order valence-corrected chi connectivity index (χ1v) is 8.82. The number of halogens is 2. The van der Waals surface area contributed by atoms with Crippen LogP contribution in [-0.2, 0) is 25.5 Å². The van der Waals surface area contributed by atoms with Gasteiger partial charge in [0.2, 0.25) is 0 Å². The minimum Gasteiger partial charge on any atom is -0.462 e. The molecule has 0 saturated carbocycles. The Labute approximate surface area is 166 Å². The second-order valence-electron chi connectivity index (χ2n) is 5.38. The second kappa shape index (κ2) is 9.94. The molecule has 0 spiro atoms. The highest BCUT2D eigenvalue weighted by atomic mass is 35.5. The lowest BCUT2D eigenvalue weighted by atomic mass is 10.1. The lowest BCUT2D eigenvalue weighted by molar-refractivity contribution is -0.146. The molecule has 0 heterocycles. The number of hydrogen-bond acceptors (Lipinski definition) is 5. The van der Waals surface area contributed by atoms with Crippen molar-refractivity contribution in [3.63, 3.8) is 0 Å². The highest BCUT2D eigenvalue weighted by Gasteiger charge is 2.14. The first-order valence-electron chi connectivity index (χ1n) is 8.06. The lowest BCUT2D eigenvalue weighted by Gasteiger charge is -2.09. The second-order valence-corrected chi connectivity index (χ2v) is 6.20. The van der Waals surface area contributed by atoms with E-state index in [0.717, 1.165) is 0 Å². The van der Waals surface area contributed by atoms with E-state index in [1.54, 1.807) is 37.3 Å². The van der Waals surface area contributed by atoms with Gasteiger partial charge in [-0.05, 0) is 43.3 Å². The molecule has 2 aromatic carbocycles. The van der Waals surface area contributed by atoms with Gasteiger partial charge in [0.05, 0.1) is 18.6 Å². The van der Waals surface area contributed by atoms with E-state index in [1.807, 2.05) is 0 Å². The zero-order valence-corrected chi connectivity index (χ0v) is 16.0.